The van der Waals surface area contributed by atoms with Gasteiger partial charge in [-0.2, -0.15) is 5.10 Å². The molecule has 0 bridgehead atoms. The lowest BCUT2D eigenvalue weighted by Gasteiger charge is -2.07. The number of aromatic nitrogens is 4. The molecule has 0 fully saturated rings. The molecule has 2 heterocycles. The zero-order valence-corrected chi connectivity index (χ0v) is 13.5. The number of aryl methyl sites for hydroxylation is 3. The van der Waals surface area contributed by atoms with Gasteiger partial charge in [0.05, 0.1) is 5.69 Å². The van der Waals surface area contributed by atoms with Crippen LogP contribution < -0.4 is 11.0 Å². The highest BCUT2D eigenvalue weighted by Crippen LogP contribution is 2.09. The predicted octanol–water partition coefficient (Wildman–Crippen LogP) is 0.882. The fourth-order valence-electron chi connectivity index (χ4n) is 2.51. The summed E-state index contributed by atoms with van der Waals surface area (Å²) in [5.41, 5.74) is 4.72. The topological polar surface area (TPSA) is 95.6 Å². The summed E-state index contributed by atoms with van der Waals surface area (Å²) in [5, 5.41) is 9.95. The molecule has 7 heteroatoms. The molecule has 7 nitrogen and oxygen atoms in total. The molecule has 0 radical (unpaired) electrons. The van der Waals surface area contributed by atoms with E-state index >= 15 is 0 Å². The number of rotatable bonds is 6. The standard InChI is InChI=1S/C15H23N5O2/c1-9-12(4)20(15(22)17-9)8-6-14(21)16-7-5-13-10(2)18-19-11(13)3/h5-8H2,1-4H3,(H,16,21)(H,17,22)(H,18,19). The second-order valence-corrected chi connectivity index (χ2v) is 5.55. The molecule has 1 amide bonds. The van der Waals surface area contributed by atoms with Gasteiger partial charge in [0, 0.05) is 36.6 Å². The van der Waals surface area contributed by atoms with Gasteiger partial charge in [0.15, 0.2) is 0 Å². The number of nitrogens with zero attached hydrogens (tertiary/aromatic N) is 2. The van der Waals surface area contributed by atoms with E-state index in [0.717, 1.165) is 34.8 Å². The average molecular weight is 305 g/mol. The lowest BCUT2D eigenvalue weighted by atomic mass is 10.1. The molecule has 0 aromatic carbocycles. The van der Waals surface area contributed by atoms with Crippen molar-refractivity contribution >= 4 is 5.91 Å². The van der Waals surface area contributed by atoms with Gasteiger partial charge in [-0.25, -0.2) is 4.79 Å². The monoisotopic (exact) mass is 305 g/mol. The van der Waals surface area contributed by atoms with Gasteiger partial charge in [0.25, 0.3) is 0 Å². The van der Waals surface area contributed by atoms with Crippen molar-refractivity contribution in [3.8, 4) is 0 Å². The van der Waals surface area contributed by atoms with Crippen molar-refractivity contribution in [2.45, 2.75) is 47.1 Å². The second-order valence-electron chi connectivity index (χ2n) is 5.55. The number of imidazole rings is 1. The van der Waals surface area contributed by atoms with Crippen LogP contribution in [0.25, 0.3) is 0 Å². The summed E-state index contributed by atoms with van der Waals surface area (Å²) in [6, 6.07) is 0. The molecule has 3 N–H and O–H groups in total. The molecule has 0 unspecified atom stereocenters. The number of amides is 1. The van der Waals surface area contributed by atoms with E-state index < -0.39 is 0 Å². The van der Waals surface area contributed by atoms with Crippen LogP contribution in [0, 0.1) is 27.7 Å². The highest BCUT2D eigenvalue weighted by atomic mass is 16.2. The van der Waals surface area contributed by atoms with Crippen molar-refractivity contribution in [2.75, 3.05) is 6.54 Å². The number of nitrogens with one attached hydrogen (secondary N) is 3. The Kier molecular flexibility index (Phi) is 4.85. The number of aromatic amines is 2. The number of hydrogen-bond acceptors (Lipinski definition) is 3. The third kappa shape index (κ3) is 3.47. The average Bonchev–Trinajstić information content (AvgIpc) is 2.90. The number of H-pyrrole nitrogens is 2. The minimum Gasteiger partial charge on any atom is -0.356 e. The Labute approximate surface area is 129 Å². The fourth-order valence-corrected chi connectivity index (χ4v) is 2.51. The first kappa shape index (κ1) is 16.1. The van der Waals surface area contributed by atoms with Crippen molar-refractivity contribution in [2.24, 2.45) is 0 Å². The summed E-state index contributed by atoms with van der Waals surface area (Å²) in [7, 11) is 0. The summed E-state index contributed by atoms with van der Waals surface area (Å²) in [6.45, 7) is 8.61. The second kappa shape index (κ2) is 6.64. The minimum absolute atomic E-state index is 0.0519. The zero-order chi connectivity index (χ0) is 16.3. The van der Waals surface area contributed by atoms with Crippen molar-refractivity contribution in [1.29, 1.82) is 0 Å². The van der Waals surface area contributed by atoms with Crippen molar-refractivity contribution in [3.63, 3.8) is 0 Å². The Morgan fingerprint density at radius 1 is 1.23 bits per heavy atom. The van der Waals surface area contributed by atoms with Crippen LogP contribution in [0.3, 0.4) is 0 Å². The van der Waals surface area contributed by atoms with E-state index in [1.54, 1.807) is 4.57 Å². The quantitative estimate of drug-likeness (QED) is 0.739. The maximum absolute atomic E-state index is 11.9. The van der Waals surface area contributed by atoms with Crippen LogP contribution in [0.15, 0.2) is 4.79 Å². The smallest absolute Gasteiger partial charge is 0.325 e. The van der Waals surface area contributed by atoms with Crippen LogP contribution in [0.4, 0.5) is 0 Å². The summed E-state index contributed by atoms with van der Waals surface area (Å²) in [4.78, 5) is 26.3. The van der Waals surface area contributed by atoms with Crippen molar-refractivity contribution < 1.29 is 4.79 Å². The van der Waals surface area contributed by atoms with E-state index in [0.29, 0.717) is 19.5 Å². The number of carbonyl (C=O) groups is 1. The molecular weight excluding hydrogens is 282 g/mol. The molecule has 2 rings (SSSR count). The van der Waals surface area contributed by atoms with Crippen LogP contribution in [0.1, 0.15) is 34.8 Å². The first-order valence-corrected chi connectivity index (χ1v) is 7.43. The molecule has 0 atom stereocenters. The summed E-state index contributed by atoms with van der Waals surface area (Å²) in [6.07, 6.45) is 1.05. The van der Waals surface area contributed by atoms with Gasteiger partial charge in [-0.3, -0.25) is 14.5 Å². The molecule has 0 aliphatic rings. The molecule has 0 aliphatic carbocycles. The normalized spacial score (nSPS) is 10.9. The highest BCUT2D eigenvalue weighted by Gasteiger charge is 2.10. The Hall–Kier alpha value is -2.31. The number of hydrogen-bond donors (Lipinski definition) is 3. The molecule has 0 saturated carbocycles. The maximum Gasteiger partial charge on any atom is 0.325 e. The van der Waals surface area contributed by atoms with Gasteiger partial charge >= 0.3 is 5.69 Å². The van der Waals surface area contributed by atoms with Crippen molar-refractivity contribution in [3.05, 3.63) is 38.8 Å². The van der Waals surface area contributed by atoms with Gasteiger partial charge in [0.2, 0.25) is 5.91 Å². The lowest BCUT2D eigenvalue weighted by molar-refractivity contribution is -0.121. The molecule has 22 heavy (non-hydrogen) atoms. The van der Waals surface area contributed by atoms with Crippen LogP contribution >= 0.6 is 0 Å². The van der Waals surface area contributed by atoms with Crippen LogP contribution in [0.2, 0.25) is 0 Å². The molecule has 120 valence electrons. The molecule has 2 aromatic rings. The first-order valence-electron chi connectivity index (χ1n) is 7.43. The Morgan fingerprint density at radius 2 is 1.95 bits per heavy atom. The molecule has 0 spiro atoms. The fraction of sp³-hybridized carbons (Fsp3) is 0.533. The Morgan fingerprint density at radius 3 is 2.50 bits per heavy atom. The lowest BCUT2D eigenvalue weighted by Crippen LogP contribution is -2.28. The molecule has 0 aliphatic heterocycles. The van der Waals surface area contributed by atoms with Gasteiger partial charge in [-0.1, -0.05) is 0 Å². The zero-order valence-electron chi connectivity index (χ0n) is 13.5. The van der Waals surface area contributed by atoms with E-state index in [2.05, 4.69) is 20.5 Å². The van der Waals surface area contributed by atoms with Gasteiger partial charge < -0.3 is 10.3 Å². The molecular formula is C15H23N5O2. The van der Waals surface area contributed by atoms with E-state index in [-0.39, 0.29) is 11.6 Å². The van der Waals surface area contributed by atoms with Crippen LogP contribution in [-0.4, -0.2) is 32.2 Å². The first-order chi connectivity index (χ1) is 10.4. The summed E-state index contributed by atoms with van der Waals surface area (Å²) >= 11 is 0. The highest BCUT2D eigenvalue weighted by molar-refractivity contribution is 5.75. The predicted molar refractivity (Wildman–Crippen MR) is 83.9 cm³/mol. The summed E-state index contributed by atoms with van der Waals surface area (Å²) < 4.78 is 1.60. The molecule has 0 saturated heterocycles. The Balaban J connectivity index is 1.80. The van der Waals surface area contributed by atoms with Crippen molar-refractivity contribution in [1.82, 2.24) is 25.1 Å². The summed E-state index contributed by atoms with van der Waals surface area (Å²) in [5.74, 6) is -0.0519. The van der Waals surface area contributed by atoms with E-state index in [9.17, 15) is 9.59 Å². The third-order valence-corrected chi connectivity index (χ3v) is 4.03. The third-order valence-electron chi connectivity index (χ3n) is 4.03. The van der Waals surface area contributed by atoms with E-state index in [4.69, 9.17) is 0 Å². The van der Waals surface area contributed by atoms with E-state index in [1.807, 2.05) is 27.7 Å². The number of carbonyl (C=O) groups excluding carboxylic acids is 1. The molecule has 2 aromatic heterocycles. The van der Waals surface area contributed by atoms with E-state index in [1.165, 1.54) is 0 Å². The van der Waals surface area contributed by atoms with Gasteiger partial charge in [-0.15, -0.1) is 0 Å². The van der Waals surface area contributed by atoms with Crippen LogP contribution in [0.5, 0.6) is 0 Å². The van der Waals surface area contributed by atoms with Gasteiger partial charge in [0.1, 0.15) is 0 Å². The Bertz CT molecular complexity index is 703. The minimum atomic E-state index is -0.160. The van der Waals surface area contributed by atoms with Crippen LogP contribution in [-0.2, 0) is 17.8 Å². The maximum atomic E-state index is 11.9. The largest absolute Gasteiger partial charge is 0.356 e. The van der Waals surface area contributed by atoms with Gasteiger partial charge in [-0.05, 0) is 39.7 Å². The SMILES string of the molecule is Cc1n[nH]c(C)c1CCNC(=O)CCn1c(C)c(C)[nH]c1=O.